The van der Waals surface area contributed by atoms with Crippen LogP contribution in [0.5, 0.6) is 0 Å². The second-order valence-electron chi connectivity index (χ2n) is 5.41. The van der Waals surface area contributed by atoms with E-state index < -0.39 is 4.92 Å². The number of nitrogens with zero attached hydrogens (tertiary/aromatic N) is 1. The van der Waals surface area contributed by atoms with Gasteiger partial charge in [0.2, 0.25) is 5.91 Å². The van der Waals surface area contributed by atoms with Crippen molar-refractivity contribution in [3.63, 3.8) is 0 Å². The molecule has 6 heteroatoms. The molecule has 0 spiro atoms. The minimum atomic E-state index is -0.442. The molecular weight excluding hydrogens is 246 g/mol. The first-order valence-electron chi connectivity index (χ1n) is 5.99. The summed E-state index contributed by atoms with van der Waals surface area (Å²) in [7, 11) is 0. The lowest BCUT2D eigenvalue weighted by molar-refractivity contribution is -0.385. The monoisotopic (exact) mass is 265 g/mol. The highest BCUT2D eigenvalue weighted by atomic mass is 16.6. The Kier molecular flexibility index (Phi) is 4.61. The number of carbonyl (C=O) groups excluding carboxylic acids is 1. The van der Waals surface area contributed by atoms with E-state index in [1.165, 1.54) is 12.1 Å². The van der Waals surface area contributed by atoms with Crippen LogP contribution in [-0.4, -0.2) is 22.9 Å². The molecule has 0 bridgehead atoms. The fraction of sp³-hybridized carbons (Fsp3) is 0.462. The lowest BCUT2D eigenvalue weighted by Crippen LogP contribution is -2.41. The van der Waals surface area contributed by atoms with Crippen LogP contribution in [0, 0.1) is 17.0 Å². The van der Waals surface area contributed by atoms with Crippen LogP contribution in [0.15, 0.2) is 18.2 Å². The van der Waals surface area contributed by atoms with Crippen LogP contribution < -0.4 is 10.6 Å². The molecule has 1 amide bonds. The van der Waals surface area contributed by atoms with Crippen LogP contribution >= 0.6 is 0 Å². The Hall–Kier alpha value is -1.95. The molecule has 0 aliphatic heterocycles. The van der Waals surface area contributed by atoms with Crippen LogP contribution in [0.3, 0.4) is 0 Å². The van der Waals surface area contributed by atoms with E-state index in [4.69, 9.17) is 0 Å². The fourth-order valence-electron chi connectivity index (χ4n) is 1.49. The average Bonchev–Trinajstić information content (AvgIpc) is 2.25. The summed E-state index contributed by atoms with van der Waals surface area (Å²) in [6.45, 7) is 7.74. The Morgan fingerprint density at radius 2 is 2.00 bits per heavy atom. The normalized spacial score (nSPS) is 11.2. The molecule has 1 aromatic carbocycles. The van der Waals surface area contributed by atoms with E-state index >= 15 is 0 Å². The van der Waals surface area contributed by atoms with Gasteiger partial charge in [-0.3, -0.25) is 14.9 Å². The summed E-state index contributed by atoms with van der Waals surface area (Å²) >= 11 is 0. The number of anilines is 1. The van der Waals surface area contributed by atoms with Gasteiger partial charge < -0.3 is 10.6 Å². The summed E-state index contributed by atoms with van der Waals surface area (Å²) in [6, 6.07) is 4.51. The number of amides is 1. The van der Waals surface area contributed by atoms with Crippen molar-refractivity contribution in [1.82, 2.24) is 5.32 Å². The van der Waals surface area contributed by atoms with E-state index in [9.17, 15) is 14.9 Å². The molecule has 0 aromatic heterocycles. The first kappa shape index (κ1) is 15.1. The molecule has 104 valence electrons. The van der Waals surface area contributed by atoms with Gasteiger partial charge in [0, 0.05) is 22.9 Å². The summed E-state index contributed by atoms with van der Waals surface area (Å²) < 4.78 is 0. The van der Waals surface area contributed by atoms with Crippen LogP contribution in [0.4, 0.5) is 11.4 Å². The molecule has 19 heavy (non-hydrogen) atoms. The van der Waals surface area contributed by atoms with Crippen LogP contribution in [0.2, 0.25) is 0 Å². The van der Waals surface area contributed by atoms with E-state index in [0.717, 1.165) is 0 Å². The second-order valence-corrected chi connectivity index (χ2v) is 5.41. The molecule has 0 unspecified atom stereocenters. The van der Waals surface area contributed by atoms with Crippen LogP contribution in [0.1, 0.15) is 26.3 Å². The first-order chi connectivity index (χ1) is 8.69. The van der Waals surface area contributed by atoms with Gasteiger partial charge in [-0.05, 0) is 39.8 Å². The summed E-state index contributed by atoms with van der Waals surface area (Å²) in [5, 5.41) is 16.4. The SMILES string of the molecule is Cc1cc(NC(=O)CNC(C)(C)C)ccc1[N+](=O)[O-]. The number of hydrogen-bond donors (Lipinski definition) is 2. The van der Waals surface area contributed by atoms with Gasteiger partial charge in [-0.25, -0.2) is 0 Å². The van der Waals surface area contributed by atoms with Gasteiger partial charge in [0.05, 0.1) is 11.5 Å². The number of aryl methyl sites for hydroxylation is 1. The van der Waals surface area contributed by atoms with E-state index in [1.807, 2.05) is 20.8 Å². The summed E-state index contributed by atoms with van der Waals surface area (Å²) in [6.07, 6.45) is 0. The Morgan fingerprint density at radius 3 is 2.47 bits per heavy atom. The van der Waals surface area contributed by atoms with Crippen molar-refractivity contribution in [2.75, 3.05) is 11.9 Å². The Balaban J connectivity index is 2.65. The molecule has 6 nitrogen and oxygen atoms in total. The molecule has 0 radical (unpaired) electrons. The number of nitro groups is 1. The molecule has 1 aromatic rings. The van der Waals surface area contributed by atoms with Gasteiger partial charge in [-0.2, -0.15) is 0 Å². The second kappa shape index (κ2) is 5.79. The molecule has 2 N–H and O–H groups in total. The number of rotatable bonds is 4. The molecule has 0 aliphatic rings. The molecule has 0 saturated carbocycles. The maximum atomic E-state index is 11.7. The van der Waals surface area contributed by atoms with E-state index in [1.54, 1.807) is 13.0 Å². The lowest BCUT2D eigenvalue weighted by atomic mass is 10.1. The van der Waals surface area contributed by atoms with E-state index in [0.29, 0.717) is 11.3 Å². The predicted molar refractivity (Wildman–Crippen MR) is 74.2 cm³/mol. The Bertz CT molecular complexity index is 492. The van der Waals surface area contributed by atoms with Crippen molar-refractivity contribution in [2.24, 2.45) is 0 Å². The zero-order valence-electron chi connectivity index (χ0n) is 11.6. The van der Waals surface area contributed by atoms with Crippen molar-refractivity contribution in [3.05, 3.63) is 33.9 Å². The maximum absolute atomic E-state index is 11.7. The van der Waals surface area contributed by atoms with Crippen molar-refractivity contribution < 1.29 is 9.72 Å². The van der Waals surface area contributed by atoms with Gasteiger partial charge in [0.15, 0.2) is 0 Å². The zero-order valence-corrected chi connectivity index (χ0v) is 11.6. The number of hydrogen-bond acceptors (Lipinski definition) is 4. The summed E-state index contributed by atoms with van der Waals surface area (Å²) in [5.41, 5.74) is 0.990. The highest BCUT2D eigenvalue weighted by molar-refractivity contribution is 5.92. The fourth-order valence-corrected chi connectivity index (χ4v) is 1.49. The molecule has 0 heterocycles. The average molecular weight is 265 g/mol. The quantitative estimate of drug-likeness (QED) is 0.646. The van der Waals surface area contributed by atoms with Gasteiger partial charge in [0.1, 0.15) is 0 Å². The van der Waals surface area contributed by atoms with Crippen molar-refractivity contribution >= 4 is 17.3 Å². The number of carbonyl (C=O) groups is 1. The van der Waals surface area contributed by atoms with Crippen molar-refractivity contribution in [2.45, 2.75) is 33.2 Å². The molecule has 0 aliphatic carbocycles. The van der Waals surface area contributed by atoms with Crippen LogP contribution in [-0.2, 0) is 4.79 Å². The topological polar surface area (TPSA) is 84.3 Å². The van der Waals surface area contributed by atoms with Crippen molar-refractivity contribution in [3.8, 4) is 0 Å². The third kappa shape index (κ3) is 5.05. The maximum Gasteiger partial charge on any atom is 0.272 e. The molecule has 0 atom stereocenters. The van der Waals surface area contributed by atoms with Gasteiger partial charge in [-0.1, -0.05) is 0 Å². The van der Waals surface area contributed by atoms with Crippen molar-refractivity contribution in [1.29, 1.82) is 0 Å². The molecule has 1 rings (SSSR count). The number of nitrogens with one attached hydrogen (secondary N) is 2. The van der Waals surface area contributed by atoms with E-state index in [2.05, 4.69) is 10.6 Å². The predicted octanol–water partition coefficient (Wildman–Crippen LogP) is 2.23. The van der Waals surface area contributed by atoms with Gasteiger partial charge in [-0.15, -0.1) is 0 Å². The van der Waals surface area contributed by atoms with Gasteiger partial charge in [0.25, 0.3) is 5.69 Å². The largest absolute Gasteiger partial charge is 0.325 e. The Labute approximate surface area is 112 Å². The Morgan fingerprint density at radius 1 is 1.37 bits per heavy atom. The first-order valence-corrected chi connectivity index (χ1v) is 5.99. The summed E-state index contributed by atoms with van der Waals surface area (Å²) in [4.78, 5) is 21.9. The standard InChI is InChI=1S/C13H19N3O3/c1-9-7-10(5-6-11(9)16(18)19)15-12(17)8-14-13(2,3)4/h5-7,14H,8H2,1-4H3,(H,15,17). The highest BCUT2D eigenvalue weighted by Gasteiger charge is 2.13. The minimum absolute atomic E-state index is 0.0471. The zero-order chi connectivity index (χ0) is 14.6. The third-order valence-corrected chi connectivity index (χ3v) is 2.46. The van der Waals surface area contributed by atoms with Gasteiger partial charge >= 0.3 is 0 Å². The van der Waals surface area contributed by atoms with Crippen LogP contribution in [0.25, 0.3) is 0 Å². The minimum Gasteiger partial charge on any atom is -0.325 e. The molecular formula is C13H19N3O3. The smallest absolute Gasteiger partial charge is 0.272 e. The third-order valence-electron chi connectivity index (χ3n) is 2.46. The number of nitro benzene ring substituents is 1. The molecule has 0 fully saturated rings. The molecule has 0 saturated heterocycles. The lowest BCUT2D eigenvalue weighted by Gasteiger charge is -2.20. The highest BCUT2D eigenvalue weighted by Crippen LogP contribution is 2.21. The summed E-state index contributed by atoms with van der Waals surface area (Å²) in [5.74, 6) is -0.178. The van der Waals surface area contributed by atoms with E-state index in [-0.39, 0.29) is 23.7 Å². The number of benzene rings is 1.